The monoisotopic (exact) mass is 259 g/mol. The van der Waals surface area contributed by atoms with Crippen LogP contribution in [-0.2, 0) is 4.74 Å². The molecule has 2 rings (SSSR count). The highest BCUT2D eigenvalue weighted by molar-refractivity contribution is 5.91. The van der Waals surface area contributed by atoms with Crippen molar-refractivity contribution in [1.29, 1.82) is 0 Å². The molecule has 2 amide bonds. The summed E-state index contributed by atoms with van der Waals surface area (Å²) in [6, 6.07) is 7.22. The fraction of sp³-hybridized carbons (Fsp3) is 0.357. The van der Waals surface area contributed by atoms with Crippen LogP contribution in [0.2, 0.25) is 0 Å². The van der Waals surface area contributed by atoms with E-state index in [1.807, 2.05) is 24.3 Å². The van der Waals surface area contributed by atoms with Gasteiger partial charge in [-0.2, -0.15) is 0 Å². The summed E-state index contributed by atoms with van der Waals surface area (Å²) in [7, 11) is 0. The molecule has 1 aromatic carbocycles. The van der Waals surface area contributed by atoms with Crippen molar-refractivity contribution in [1.82, 2.24) is 5.32 Å². The van der Waals surface area contributed by atoms with Gasteiger partial charge in [-0.25, -0.2) is 4.79 Å². The van der Waals surface area contributed by atoms with Gasteiger partial charge in [0.15, 0.2) is 0 Å². The number of nitrogens with one attached hydrogen (secondary N) is 2. The van der Waals surface area contributed by atoms with Crippen LogP contribution in [0.25, 0.3) is 0 Å². The molecule has 0 aromatic heterocycles. The molecule has 1 heterocycles. The number of rotatable bonds is 2. The number of amides is 2. The molecule has 1 aliphatic rings. The summed E-state index contributed by atoms with van der Waals surface area (Å²) in [5.74, 6) is 5.71. The lowest BCUT2D eigenvalue weighted by molar-refractivity contribution is 0.189. The normalized spacial score (nSPS) is 17.4. The van der Waals surface area contributed by atoms with E-state index >= 15 is 0 Å². The summed E-state index contributed by atoms with van der Waals surface area (Å²) in [6.07, 6.45) is 0.849. The number of para-hydroxylation sites is 1. The Labute approximate surface area is 112 Å². The van der Waals surface area contributed by atoms with E-state index in [9.17, 15) is 4.79 Å². The van der Waals surface area contributed by atoms with E-state index in [0.717, 1.165) is 12.0 Å². The molecular weight excluding hydrogens is 242 g/mol. The van der Waals surface area contributed by atoms with Crippen molar-refractivity contribution in [2.75, 3.05) is 25.1 Å². The van der Waals surface area contributed by atoms with Crippen LogP contribution in [0.15, 0.2) is 24.3 Å². The first kappa shape index (κ1) is 13.4. The maximum absolute atomic E-state index is 11.8. The van der Waals surface area contributed by atoms with E-state index in [-0.39, 0.29) is 12.1 Å². The molecule has 0 aliphatic carbocycles. The van der Waals surface area contributed by atoms with Gasteiger partial charge in [0.2, 0.25) is 0 Å². The molecule has 0 saturated carbocycles. The van der Waals surface area contributed by atoms with Crippen molar-refractivity contribution >= 4 is 11.7 Å². The zero-order valence-corrected chi connectivity index (χ0v) is 10.6. The SMILES string of the molecule is NCC#Cc1ccccc1NC(=O)NC1CCOC1. The predicted molar refractivity (Wildman–Crippen MR) is 73.8 cm³/mol. The predicted octanol–water partition coefficient (Wildman–Crippen LogP) is 0.907. The third-order valence-electron chi connectivity index (χ3n) is 2.77. The van der Waals surface area contributed by atoms with Gasteiger partial charge in [0, 0.05) is 12.2 Å². The molecule has 5 heteroatoms. The number of anilines is 1. The molecule has 1 saturated heterocycles. The Hall–Kier alpha value is -2.03. The molecule has 0 radical (unpaired) electrons. The summed E-state index contributed by atoms with van der Waals surface area (Å²) in [5.41, 5.74) is 6.79. The Morgan fingerprint density at radius 1 is 1.47 bits per heavy atom. The van der Waals surface area contributed by atoms with Crippen molar-refractivity contribution in [2.24, 2.45) is 5.73 Å². The third kappa shape index (κ3) is 3.98. The average molecular weight is 259 g/mol. The summed E-state index contributed by atoms with van der Waals surface area (Å²) >= 11 is 0. The van der Waals surface area contributed by atoms with Crippen LogP contribution in [0.4, 0.5) is 10.5 Å². The lowest BCUT2D eigenvalue weighted by Gasteiger charge is -2.12. The van der Waals surface area contributed by atoms with Crippen LogP contribution in [0, 0.1) is 11.8 Å². The van der Waals surface area contributed by atoms with Crippen molar-refractivity contribution in [3.05, 3.63) is 29.8 Å². The van der Waals surface area contributed by atoms with E-state index < -0.39 is 0 Å². The summed E-state index contributed by atoms with van der Waals surface area (Å²) in [4.78, 5) is 11.8. The van der Waals surface area contributed by atoms with Gasteiger partial charge in [-0.3, -0.25) is 0 Å². The van der Waals surface area contributed by atoms with Gasteiger partial charge in [0.25, 0.3) is 0 Å². The number of hydrogen-bond acceptors (Lipinski definition) is 3. The molecule has 0 bridgehead atoms. The van der Waals surface area contributed by atoms with Gasteiger partial charge < -0.3 is 21.1 Å². The molecule has 1 unspecified atom stereocenters. The van der Waals surface area contributed by atoms with Crippen LogP contribution in [0.5, 0.6) is 0 Å². The number of carbonyl (C=O) groups is 1. The van der Waals surface area contributed by atoms with Crippen LogP contribution >= 0.6 is 0 Å². The zero-order chi connectivity index (χ0) is 13.5. The van der Waals surface area contributed by atoms with E-state index in [2.05, 4.69) is 22.5 Å². The van der Waals surface area contributed by atoms with Crippen LogP contribution < -0.4 is 16.4 Å². The van der Waals surface area contributed by atoms with E-state index in [1.165, 1.54) is 0 Å². The number of hydrogen-bond donors (Lipinski definition) is 3. The topological polar surface area (TPSA) is 76.4 Å². The first-order valence-corrected chi connectivity index (χ1v) is 6.23. The molecule has 19 heavy (non-hydrogen) atoms. The van der Waals surface area contributed by atoms with Crippen LogP contribution in [0.3, 0.4) is 0 Å². The average Bonchev–Trinajstić information content (AvgIpc) is 2.90. The van der Waals surface area contributed by atoms with Crippen molar-refractivity contribution in [3.8, 4) is 11.8 Å². The molecule has 1 fully saturated rings. The van der Waals surface area contributed by atoms with Gasteiger partial charge >= 0.3 is 6.03 Å². The molecule has 1 aliphatic heterocycles. The fourth-order valence-electron chi connectivity index (χ4n) is 1.84. The van der Waals surface area contributed by atoms with E-state index in [1.54, 1.807) is 0 Å². The smallest absolute Gasteiger partial charge is 0.319 e. The number of urea groups is 1. The zero-order valence-electron chi connectivity index (χ0n) is 10.6. The third-order valence-corrected chi connectivity index (χ3v) is 2.77. The highest BCUT2D eigenvalue weighted by Crippen LogP contribution is 2.13. The van der Waals surface area contributed by atoms with E-state index in [4.69, 9.17) is 10.5 Å². The molecule has 1 atom stereocenters. The van der Waals surface area contributed by atoms with Crippen LogP contribution in [-0.4, -0.2) is 31.8 Å². The highest BCUT2D eigenvalue weighted by atomic mass is 16.5. The Balaban J connectivity index is 1.99. The van der Waals surface area contributed by atoms with Crippen molar-refractivity contribution < 1.29 is 9.53 Å². The van der Waals surface area contributed by atoms with Gasteiger partial charge in [0.1, 0.15) is 0 Å². The molecule has 4 N–H and O–H groups in total. The Kier molecular flexibility index (Phi) is 4.78. The molecule has 5 nitrogen and oxygen atoms in total. The number of benzene rings is 1. The molecule has 0 spiro atoms. The number of ether oxygens (including phenoxy) is 1. The Bertz CT molecular complexity index is 499. The summed E-state index contributed by atoms with van der Waals surface area (Å²) in [5, 5.41) is 5.66. The molecular formula is C14H17N3O2. The maximum atomic E-state index is 11.8. The lowest BCUT2D eigenvalue weighted by atomic mass is 10.2. The minimum atomic E-state index is -0.238. The van der Waals surface area contributed by atoms with Gasteiger partial charge in [-0.1, -0.05) is 24.0 Å². The summed E-state index contributed by atoms with van der Waals surface area (Å²) in [6.45, 7) is 1.56. The Morgan fingerprint density at radius 3 is 3.05 bits per heavy atom. The van der Waals surface area contributed by atoms with Crippen LogP contribution in [0.1, 0.15) is 12.0 Å². The van der Waals surface area contributed by atoms with Gasteiger partial charge in [0.05, 0.1) is 24.9 Å². The highest BCUT2D eigenvalue weighted by Gasteiger charge is 2.17. The fourth-order valence-corrected chi connectivity index (χ4v) is 1.84. The molecule has 1 aromatic rings. The minimum Gasteiger partial charge on any atom is -0.379 e. The quantitative estimate of drug-likeness (QED) is 0.691. The van der Waals surface area contributed by atoms with Gasteiger partial charge in [-0.15, -0.1) is 0 Å². The number of carbonyl (C=O) groups excluding carboxylic acids is 1. The lowest BCUT2D eigenvalue weighted by Crippen LogP contribution is -2.38. The summed E-state index contributed by atoms with van der Waals surface area (Å²) < 4.78 is 5.21. The first-order valence-electron chi connectivity index (χ1n) is 6.23. The second kappa shape index (κ2) is 6.78. The van der Waals surface area contributed by atoms with Crippen molar-refractivity contribution in [3.63, 3.8) is 0 Å². The second-order valence-corrected chi connectivity index (χ2v) is 4.21. The first-order chi connectivity index (χ1) is 9.29. The second-order valence-electron chi connectivity index (χ2n) is 4.21. The molecule has 100 valence electrons. The largest absolute Gasteiger partial charge is 0.379 e. The number of nitrogens with two attached hydrogens (primary N) is 1. The Morgan fingerprint density at radius 2 is 2.32 bits per heavy atom. The minimum absolute atomic E-state index is 0.0855. The van der Waals surface area contributed by atoms with E-state index in [0.29, 0.717) is 25.4 Å². The maximum Gasteiger partial charge on any atom is 0.319 e. The van der Waals surface area contributed by atoms with Crippen molar-refractivity contribution in [2.45, 2.75) is 12.5 Å². The standard InChI is InChI=1S/C14H17N3O2/c15-8-3-5-11-4-1-2-6-13(11)17-14(18)16-12-7-9-19-10-12/h1-2,4,6,12H,7-10,15H2,(H2,16,17,18). The van der Waals surface area contributed by atoms with Gasteiger partial charge in [-0.05, 0) is 18.6 Å².